The van der Waals surface area contributed by atoms with E-state index >= 15 is 0 Å². The minimum Gasteiger partial charge on any atom is -0.465 e. The molecule has 0 heterocycles. The number of benzene rings is 1. The van der Waals surface area contributed by atoms with Crippen LogP contribution in [0.3, 0.4) is 0 Å². The molecular formula is C12H16N2O4S2. The van der Waals surface area contributed by atoms with Crippen LogP contribution < -0.4 is 10.5 Å². The molecule has 0 saturated heterocycles. The third kappa shape index (κ3) is 4.26. The maximum atomic E-state index is 12.0. The average molecular weight is 316 g/mol. The molecule has 0 saturated carbocycles. The first-order chi connectivity index (χ1) is 9.27. The number of thiocarbonyl (C=S) groups is 1. The van der Waals surface area contributed by atoms with E-state index in [0.29, 0.717) is 11.1 Å². The largest absolute Gasteiger partial charge is 0.465 e. The zero-order chi connectivity index (χ0) is 15.3. The summed E-state index contributed by atoms with van der Waals surface area (Å²) in [5.41, 5.74) is 6.78. The van der Waals surface area contributed by atoms with Crippen molar-refractivity contribution in [2.24, 2.45) is 5.73 Å². The Morgan fingerprint density at radius 1 is 1.45 bits per heavy atom. The minimum absolute atomic E-state index is 0.0410. The Labute approximate surface area is 123 Å². The average Bonchev–Trinajstić information content (AvgIpc) is 2.36. The van der Waals surface area contributed by atoms with E-state index in [1.54, 1.807) is 13.8 Å². The van der Waals surface area contributed by atoms with E-state index in [1.807, 2.05) is 0 Å². The highest BCUT2D eigenvalue weighted by Gasteiger charge is 2.17. The van der Waals surface area contributed by atoms with Crippen LogP contribution in [0.4, 0.5) is 0 Å². The van der Waals surface area contributed by atoms with Crippen LogP contribution in [-0.2, 0) is 19.6 Å². The van der Waals surface area contributed by atoms with Gasteiger partial charge in [-0.3, -0.25) is 4.79 Å². The number of esters is 1. The van der Waals surface area contributed by atoms with Gasteiger partial charge in [-0.1, -0.05) is 18.3 Å². The summed E-state index contributed by atoms with van der Waals surface area (Å²) >= 11 is 4.85. The number of sulfonamides is 1. The molecule has 1 aromatic carbocycles. The zero-order valence-corrected chi connectivity index (χ0v) is 12.8. The molecule has 0 fully saturated rings. The Hall–Kier alpha value is -1.51. The molecule has 0 bridgehead atoms. The van der Waals surface area contributed by atoms with Crippen molar-refractivity contribution in [1.82, 2.24) is 4.72 Å². The molecule has 110 valence electrons. The number of carbonyl (C=O) groups excluding carboxylic acids is 1. The molecule has 0 atom stereocenters. The number of rotatable bonds is 6. The van der Waals surface area contributed by atoms with E-state index in [4.69, 9.17) is 18.0 Å². The molecule has 20 heavy (non-hydrogen) atoms. The Morgan fingerprint density at radius 2 is 2.10 bits per heavy atom. The fourth-order valence-corrected chi connectivity index (χ4v) is 2.81. The minimum atomic E-state index is -3.77. The van der Waals surface area contributed by atoms with Gasteiger partial charge in [0.15, 0.2) is 0 Å². The standard InChI is InChI=1S/C12H16N2O4S2/c1-3-18-11(15)7-14-20(16,17)9-4-5-10(12(13)19)8(2)6-9/h4-6,14H,3,7H2,1-2H3,(H2,13,19). The number of aryl methyl sites for hydroxylation is 1. The van der Waals surface area contributed by atoms with Crippen LogP contribution in [-0.4, -0.2) is 32.5 Å². The highest BCUT2D eigenvalue weighted by Crippen LogP contribution is 2.15. The molecule has 1 rings (SSSR count). The molecule has 0 aliphatic rings. The van der Waals surface area contributed by atoms with E-state index < -0.39 is 22.5 Å². The first-order valence-electron chi connectivity index (χ1n) is 5.83. The predicted octanol–water partition coefficient (Wildman–Crippen LogP) is 0.471. The maximum absolute atomic E-state index is 12.0. The molecule has 8 heteroatoms. The summed E-state index contributed by atoms with van der Waals surface area (Å²) < 4.78 is 30.8. The van der Waals surface area contributed by atoms with Gasteiger partial charge in [-0.2, -0.15) is 4.72 Å². The highest BCUT2D eigenvalue weighted by atomic mass is 32.2. The lowest BCUT2D eigenvalue weighted by Gasteiger charge is -2.09. The summed E-state index contributed by atoms with van der Waals surface area (Å²) in [7, 11) is -3.77. The van der Waals surface area contributed by atoms with Crippen molar-refractivity contribution in [2.75, 3.05) is 13.2 Å². The molecule has 0 aliphatic heterocycles. The molecule has 3 N–H and O–H groups in total. The highest BCUT2D eigenvalue weighted by molar-refractivity contribution is 7.89. The second-order valence-electron chi connectivity index (χ2n) is 3.97. The Balaban J connectivity index is 2.91. The molecule has 0 unspecified atom stereocenters. The van der Waals surface area contributed by atoms with Gasteiger partial charge in [-0.15, -0.1) is 0 Å². The van der Waals surface area contributed by atoms with Crippen LogP contribution in [0.25, 0.3) is 0 Å². The third-order valence-corrected chi connectivity index (χ3v) is 4.10. The fourth-order valence-electron chi connectivity index (χ4n) is 1.53. The molecule has 0 aliphatic carbocycles. The zero-order valence-electron chi connectivity index (χ0n) is 11.2. The van der Waals surface area contributed by atoms with Gasteiger partial charge in [-0.05, 0) is 31.5 Å². The molecule has 6 nitrogen and oxygen atoms in total. The summed E-state index contributed by atoms with van der Waals surface area (Å²) in [6.07, 6.45) is 0. The lowest BCUT2D eigenvalue weighted by molar-refractivity contribution is -0.141. The summed E-state index contributed by atoms with van der Waals surface area (Å²) in [5, 5.41) is 0. The summed E-state index contributed by atoms with van der Waals surface area (Å²) in [6, 6.07) is 4.37. The lowest BCUT2D eigenvalue weighted by Crippen LogP contribution is -2.30. The lowest BCUT2D eigenvalue weighted by atomic mass is 10.1. The number of nitrogens with one attached hydrogen (secondary N) is 1. The maximum Gasteiger partial charge on any atom is 0.321 e. The number of carbonyl (C=O) groups is 1. The van der Waals surface area contributed by atoms with Crippen LogP contribution in [0.15, 0.2) is 23.1 Å². The molecule has 0 radical (unpaired) electrons. The first kappa shape index (κ1) is 16.5. The van der Waals surface area contributed by atoms with Crippen LogP contribution in [0.2, 0.25) is 0 Å². The van der Waals surface area contributed by atoms with Gasteiger partial charge >= 0.3 is 5.97 Å². The topological polar surface area (TPSA) is 98.5 Å². The van der Waals surface area contributed by atoms with Gasteiger partial charge in [0.05, 0.1) is 11.5 Å². The Morgan fingerprint density at radius 3 is 2.60 bits per heavy atom. The van der Waals surface area contributed by atoms with Crippen molar-refractivity contribution in [3.63, 3.8) is 0 Å². The SMILES string of the molecule is CCOC(=O)CNS(=O)(=O)c1ccc(C(N)=S)c(C)c1. The summed E-state index contributed by atoms with van der Waals surface area (Å²) in [6.45, 7) is 3.14. The van der Waals surface area contributed by atoms with Gasteiger partial charge in [0.1, 0.15) is 11.5 Å². The number of nitrogens with two attached hydrogens (primary N) is 1. The van der Waals surface area contributed by atoms with Crippen molar-refractivity contribution in [3.8, 4) is 0 Å². The monoisotopic (exact) mass is 316 g/mol. The van der Waals surface area contributed by atoms with Crippen LogP contribution in [0.5, 0.6) is 0 Å². The Bertz CT molecular complexity index is 626. The summed E-state index contributed by atoms with van der Waals surface area (Å²) in [4.78, 5) is 11.4. The van der Waals surface area contributed by atoms with Gasteiger partial charge < -0.3 is 10.5 Å². The van der Waals surface area contributed by atoms with Gasteiger partial charge in [0, 0.05) is 5.56 Å². The van der Waals surface area contributed by atoms with E-state index in [0.717, 1.165) is 0 Å². The molecule has 0 aromatic heterocycles. The predicted molar refractivity (Wildman–Crippen MR) is 78.9 cm³/mol. The van der Waals surface area contributed by atoms with Crippen molar-refractivity contribution in [2.45, 2.75) is 18.7 Å². The second kappa shape index (κ2) is 6.78. The van der Waals surface area contributed by atoms with Crippen molar-refractivity contribution in [3.05, 3.63) is 29.3 Å². The van der Waals surface area contributed by atoms with Crippen molar-refractivity contribution >= 4 is 33.2 Å². The van der Waals surface area contributed by atoms with Gasteiger partial charge in [0.25, 0.3) is 0 Å². The van der Waals surface area contributed by atoms with E-state index in [9.17, 15) is 13.2 Å². The first-order valence-corrected chi connectivity index (χ1v) is 7.72. The Kier molecular flexibility index (Phi) is 5.61. The number of ether oxygens (including phenoxy) is 1. The molecule has 0 amide bonds. The van der Waals surface area contributed by atoms with Crippen molar-refractivity contribution < 1.29 is 17.9 Å². The van der Waals surface area contributed by atoms with E-state index in [-0.39, 0.29) is 16.5 Å². The normalized spacial score (nSPS) is 11.1. The smallest absolute Gasteiger partial charge is 0.321 e. The van der Waals surface area contributed by atoms with Gasteiger partial charge in [-0.25, -0.2) is 8.42 Å². The quantitative estimate of drug-likeness (QED) is 0.585. The van der Waals surface area contributed by atoms with Crippen molar-refractivity contribution in [1.29, 1.82) is 0 Å². The van der Waals surface area contributed by atoms with E-state index in [1.165, 1.54) is 18.2 Å². The van der Waals surface area contributed by atoms with Gasteiger partial charge in [0.2, 0.25) is 10.0 Å². The number of hydrogen-bond acceptors (Lipinski definition) is 5. The van der Waals surface area contributed by atoms with Crippen LogP contribution in [0, 0.1) is 6.92 Å². The molecule has 0 spiro atoms. The summed E-state index contributed by atoms with van der Waals surface area (Å²) in [5.74, 6) is -0.632. The van der Waals surface area contributed by atoms with E-state index in [2.05, 4.69) is 9.46 Å². The van der Waals surface area contributed by atoms with Crippen LogP contribution >= 0.6 is 12.2 Å². The number of hydrogen-bond donors (Lipinski definition) is 2. The fraction of sp³-hybridized carbons (Fsp3) is 0.333. The molecule has 1 aromatic rings. The third-order valence-electron chi connectivity index (χ3n) is 2.49. The molecular weight excluding hydrogens is 300 g/mol. The van der Waals surface area contributed by atoms with Crippen LogP contribution in [0.1, 0.15) is 18.1 Å². The second-order valence-corrected chi connectivity index (χ2v) is 6.18.